The van der Waals surface area contributed by atoms with Crippen molar-refractivity contribution in [2.24, 2.45) is 5.92 Å². The minimum atomic E-state index is -0.880. The van der Waals surface area contributed by atoms with E-state index in [9.17, 15) is 14.0 Å². The van der Waals surface area contributed by atoms with Crippen LogP contribution in [-0.2, 0) is 9.59 Å². The Morgan fingerprint density at radius 1 is 1.40 bits per heavy atom. The summed E-state index contributed by atoms with van der Waals surface area (Å²) < 4.78 is 13.6. The Labute approximate surface area is 116 Å². The number of likely N-dealkylation sites (tertiary alicyclic amines) is 1. The molecule has 0 aliphatic carbocycles. The van der Waals surface area contributed by atoms with Gasteiger partial charge in [-0.05, 0) is 25.0 Å². The third kappa shape index (κ3) is 3.04. The number of carbonyl (C=O) groups is 2. The van der Waals surface area contributed by atoms with E-state index in [1.165, 1.54) is 17.0 Å². The Balaban J connectivity index is 2.09. The van der Waals surface area contributed by atoms with Gasteiger partial charge < -0.3 is 10.0 Å². The van der Waals surface area contributed by atoms with E-state index in [-0.39, 0.29) is 18.3 Å². The molecule has 0 aromatic heterocycles. The van der Waals surface area contributed by atoms with Gasteiger partial charge in [-0.15, -0.1) is 0 Å². The molecule has 4 nitrogen and oxygen atoms in total. The van der Waals surface area contributed by atoms with E-state index in [4.69, 9.17) is 5.11 Å². The Kier molecular flexibility index (Phi) is 4.17. The lowest BCUT2D eigenvalue weighted by Gasteiger charge is -2.14. The number of carboxylic acids is 1. The van der Waals surface area contributed by atoms with Crippen molar-refractivity contribution in [1.29, 1.82) is 0 Å². The van der Waals surface area contributed by atoms with E-state index < -0.39 is 11.9 Å². The number of allylic oxidation sites excluding steroid dienone is 1. The lowest BCUT2D eigenvalue weighted by molar-refractivity contribution is -0.141. The first-order valence-electron chi connectivity index (χ1n) is 6.44. The van der Waals surface area contributed by atoms with Crippen LogP contribution in [0.1, 0.15) is 18.9 Å². The van der Waals surface area contributed by atoms with Gasteiger partial charge in [-0.3, -0.25) is 9.59 Å². The molecule has 0 radical (unpaired) electrons. The fourth-order valence-corrected chi connectivity index (χ4v) is 2.30. The molecule has 1 amide bonds. The monoisotopic (exact) mass is 277 g/mol. The first-order valence-corrected chi connectivity index (χ1v) is 6.44. The molecule has 0 spiro atoms. The summed E-state index contributed by atoms with van der Waals surface area (Å²) in [7, 11) is 0. The van der Waals surface area contributed by atoms with Crippen LogP contribution in [0.2, 0.25) is 0 Å². The molecule has 2 rings (SSSR count). The van der Waals surface area contributed by atoms with Crippen molar-refractivity contribution in [2.45, 2.75) is 13.3 Å². The Morgan fingerprint density at radius 3 is 2.70 bits per heavy atom. The minimum absolute atomic E-state index is 0.217. The van der Waals surface area contributed by atoms with Gasteiger partial charge in [-0.1, -0.05) is 18.2 Å². The van der Waals surface area contributed by atoms with Crippen LogP contribution in [0.3, 0.4) is 0 Å². The normalized spacial score (nSPS) is 19.2. The van der Waals surface area contributed by atoms with Crippen LogP contribution in [0.15, 0.2) is 30.3 Å². The maximum Gasteiger partial charge on any atom is 0.308 e. The second-order valence-corrected chi connectivity index (χ2v) is 4.92. The summed E-state index contributed by atoms with van der Waals surface area (Å²) in [5, 5.41) is 8.91. The summed E-state index contributed by atoms with van der Waals surface area (Å²) in [6.45, 7) is 2.31. The molecule has 1 atom stereocenters. The molecular weight excluding hydrogens is 261 g/mol. The van der Waals surface area contributed by atoms with Crippen LogP contribution in [0.4, 0.5) is 4.39 Å². The van der Waals surface area contributed by atoms with Gasteiger partial charge in [-0.2, -0.15) is 0 Å². The fraction of sp³-hybridized carbons (Fsp3) is 0.333. The molecule has 1 saturated heterocycles. The molecule has 1 heterocycles. The number of amides is 1. The van der Waals surface area contributed by atoms with Crippen LogP contribution in [0.25, 0.3) is 5.57 Å². The van der Waals surface area contributed by atoms with Crippen molar-refractivity contribution < 1.29 is 19.1 Å². The summed E-state index contributed by atoms with van der Waals surface area (Å²) in [6, 6.07) is 6.24. The number of nitrogens with zero attached hydrogens (tertiary/aromatic N) is 1. The van der Waals surface area contributed by atoms with Gasteiger partial charge in [0.25, 0.3) is 0 Å². The third-order valence-corrected chi connectivity index (χ3v) is 3.49. The standard InChI is InChI=1S/C15H16FNO3/c1-10(12-4-2-3-5-13(12)16)8-14(18)17-7-6-11(9-17)15(19)20/h2-5,8,11H,6-7,9H2,1H3,(H,19,20)/b10-8+. The third-order valence-electron chi connectivity index (χ3n) is 3.49. The van der Waals surface area contributed by atoms with Gasteiger partial charge in [0.1, 0.15) is 5.82 Å². The van der Waals surface area contributed by atoms with E-state index in [0.717, 1.165) is 0 Å². The number of aliphatic carboxylic acids is 1. The molecule has 1 unspecified atom stereocenters. The first kappa shape index (κ1) is 14.2. The van der Waals surface area contributed by atoms with Gasteiger partial charge in [0.2, 0.25) is 5.91 Å². The predicted molar refractivity (Wildman–Crippen MR) is 72.4 cm³/mol. The van der Waals surface area contributed by atoms with E-state index >= 15 is 0 Å². The molecule has 0 saturated carbocycles. The molecule has 1 N–H and O–H groups in total. The number of benzene rings is 1. The summed E-state index contributed by atoms with van der Waals surface area (Å²) in [4.78, 5) is 24.4. The van der Waals surface area contributed by atoms with Crippen LogP contribution >= 0.6 is 0 Å². The molecule has 1 aliphatic rings. The topological polar surface area (TPSA) is 57.6 Å². The highest BCUT2D eigenvalue weighted by atomic mass is 19.1. The number of carbonyl (C=O) groups excluding carboxylic acids is 1. The highest BCUT2D eigenvalue weighted by Gasteiger charge is 2.30. The SMILES string of the molecule is C/C(=C\C(=O)N1CCC(C(=O)O)C1)c1ccccc1F. The van der Waals surface area contributed by atoms with Gasteiger partial charge in [0.05, 0.1) is 5.92 Å². The molecule has 1 aliphatic heterocycles. The molecular formula is C15H16FNO3. The second-order valence-electron chi connectivity index (χ2n) is 4.92. The molecule has 0 bridgehead atoms. The van der Waals surface area contributed by atoms with E-state index in [0.29, 0.717) is 24.1 Å². The highest BCUT2D eigenvalue weighted by molar-refractivity contribution is 5.95. The number of hydrogen-bond acceptors (Lipinski definition) is 2. The summed E-state index contributed by atoms with van der Waals surface area (Å²) in [5.74, 6) is -2.02. The number of hydrogen-bond donors (Lipinski definition) is 1. The summed E-state index contributed by atoms with van der Waals surface area (Å²) in [6.07, 6.45) is 1.83. The van der Waals surface area contributed by atoms with Crippen LogP contribution in [0, 0.1) is 11.7 Å². The van der Waals surface area contributed by atoms with Crippen molar-refractivity contribution >= 4 is 17.4 Å². The first-order chi connectivity index (χ1) is 9.49. The molecule has 20 heavy (non-hydrogen) atoms. The van der Waals surface area contributed by atoms with E-state index in [2.05, 4.69) is 0 Å². The van der Waals surface area contributed by atoms with E-state index in [1.54, 1.807) is 25.1 Å². The quantitative estimate of drug-likeness (QED) is 0.861. The zero-order valence-corrected chi connectivity index (χ0v) is 11.2. The molecule has 106 valence electrons. The van der Waals surface area contributed by atoms with Gasteiger partial charge >= 0.3 is 5.97 Å². The summed E-state index contributed by atoms with van der Waals surface area (Å²) >= 11 is 0. The molecule has 5 heteroatoms. The maximum atomic E-state index is 13.6. The van der Waals surface area contributed by atoms with E-state index in [1.807, 2.05) is 0 Å². The number of rotatable bonds is 3. The van der Waals surface area contributed by atoms with Gasteiger partial charge in [0, 0.05) is 24.7 Å². The fourth-order valence-electron chi connectivity index (χ4n) is 2.30. The van der Waals surface area contributed by atoms with Crippen LogP contribution < -0.4 is 0 Å². The average molecular weight is 277 g/mol. The van der Waals surface area contributed by atoms with Crippen LogP contribution in [-0.4, -0.2) is 35.0 Å². The zero-order chi connectivity index (χ0) is 14.7. The minimum Gasteiger partial charge on any atom is -0.481 e. The van der Waals surface area contributed by atoms with Gasteiger partial charge in [-0.25, -0.2) is 4.39 Å². The van der Waals surface area contributed by atoms with Crippen LogP contribution in [0.5, 0.6) is 0 Å². The Hall–Kier alpha value is -2.17. The smallest absolute Gasteiger partial charge is 0.308 e. The summed E-state index contributed by atoms with van der Waals surface area (Å²) in [5.41, 5.74) is 0.918. The average Bonchev–Trinajstić information content (AvgIpc) is 2.88. The van der Waals surface area contributed by atoms with Crippen molar-refractivity contribution in [3.8, 4) is 0 Å². The molecule has 1 fully saturated rings. The Bertz CT molecular complexity index is 568. The van der Waals surface area contributed by atoms with Crippen molar-refractivity contribution in [1.82, 2.24) is 4.90 Å². The van der Waals surface area contributed by atoms with Crippen molar-refractivity contribution in [2.75, 3.05) is 13.1 Å². The lowest BCUT2D eigenvalue weighted by atomic mass is 10.1. The Morgan fingerprint density at radius 2 is 2.10 bits per heavy atom. The maximum absolute atomic E-state index is 13.6. The highest BCUT2D eigenvalue weighted by Crippen LogP contribution is 2.20. The predicted octanol–water partition coefficient (Wildman–Crippen LogP) is 2.16. The number of carboxylic acid groups (broad SMARTS) is 1. The van der Waals surface area contributed by atoms with Crippen molar-refractivity contribution in [3.05, 3.63) is 41.7 Å². The largest absolute Gasteiger partial charge is 0.481 e. The molecule has 1 aromatic rings. The van der Waals surface area contributed by atoms with Gasteiger partial charge in [0.15, 0.2) is 0 Å². The zero-order valence-electron chi connectivity index (χ0n) is 11.2. The molecule has 1 aromatic carbocycles. The number of halogens is 1. The second kappa shape index (κ2) is 5.86. The lowest BCUT2D eigenvalue weighted by Crippen LogP contribution is -2.28. The van der Waals surface area contributed by atoms with Crippen molar-refractivity contribution in [3.63, 3.8) is 0 Å².